The molecule has 0 radical (unpaired) electrons. The van der Waals surface area contributed by atoms with Crippen LogP contribution in [0.4, 0.5) is 5.69 Å². The van der Waals surface area contributed by atoms with E-state index in [1.54, 1.807) is 29.3 Å². The van der Waals surface area contributed by atoms with Crippen LogP contribution in [0.15, 0.2) is 67.1 Å². The Bertz CT molecular complexity index is 1740. The zero-order valence-electron chi connectivity index (χ0n) is 24.3. The Morgan fingerprint density at radius 1 is 0.929 bits per heavy atom. The lowest BCUT2D eigenvalue weighted by molar-refractivity contribution is 0.102. The van der Waals surface area contributed by atoms with Crippen molar-refractivity contribution in [3.63, 3.8) is 0 Å². The number of carbonyl (C=O) groups is 1. The Hall–Kier alpha value is -4.67. The first kappa shape index (κ1) is 27.5. The average molecular weight is 563 g/mol. The summed E-state index contributed by atoms with van der Waals surface area (Å²) in [5.41, 5.74) is 6.03. The van der Waals surface area contributed by atoms with Crippen molar-refractivity contribution in [3.8, 4) is 23.0 Å². The SMILES string of the molecule is Cc1cc(NC(=O)c2cc(Oc3nc(-c4ccncc4)nc4c3cnn4C)ccc2C)ccc1CN1CCN(C)CC1. The fourth-order valence-corrected chi connectivity index (χ4v) is 5.12. The quantitative estimate of drug-likeness (QED) is 0.301. The van der Waals surface area contributed by atoms with Crippen LogP contribution in [0, 0.1) is 13.8 Å². The van der Waals surface area contributed by atoms with Gasteiger partial charge in [-0.15, -0.1) is 0 Å². The number of benzene rings is 2. The number of nitrogens with one attached hydrogen (secondary N) is 1. The molecule has 2 aromatic carbocycles. The van der Waals surface area contributed by atoms with Gasteiger partial charge in [0.2, 0.25) is 5.88 Å². The maximum absolute atomic E-state index is 13.4. The van der Waals surface area contributed by atoms with E-state index in [1.165, 1.54) is 5.56 Å². The molecule has 1 fully saturated rings. The molecule has 0 unspecified atom stereocenters. The molecule has 1 aliphatic rings. The van der Waals surface area contributed by atoms with Gasteiger partial charge in [0.05, 0.1) is 6.20 Å². The molecule has 3 aromatic heterocycles. The zero-order chi connectivity index (χ0) is 29.2. The summed E-state index contributed by atoms with van der Waals surface area (Å²) in [6.07, 6.45) is 5.07. The third-order valence-corrected chi connectivity index (χ3v) is 7.75. The number of amides is 1. The van der Waals surface area contributed by atoms with E-state index < -0.39 is 0 Å². The number of anilines is 1. The number of piperazine rings is 1. The van der Waals surface area contributed by atoms with Crippen molar-refractivity contribution in [1.82, 2.24) is 34.5 Å². The Kier molecular flexibility index (Phi) is 7.64. The molecule has 10 nitrogen and oxygen atoms in total. The molecule has 1 N–H and O–H groups in total. The van der Waals surface area contributed by atoms with E-state index in [0.29, 0.717) is 34.1 Å². The number of aryl methyl sites for hydroxylation is 3. The highest BCUT2D eigenvalue weighted by molar-refractivity contribution is 6.05. The summed E-state index contributed by atoms with van der Waals surface area (Å²) in [4.78, 5) is 31.7. The standard InChI is InChI=1S/C32H34N8O2/c1-21-5-8-26(42-32-28-19-34-39(4)30(28)36-29(37-32)23-9-11-33-12-10-23)18-27(21)31(41)35-25-7-6-24(22(2)17-25)20-40-15-13-38(3)14-16-40/h5-12,17-19H,13-16,20H2,1-4H3,(H,35,41). The molecule has 10 heteroatoms. The number of carbonyl (C=O) groups excluding carboxylic acids is 1. The number of rotatable bonds is 7. The van der Waals surface area contributed by atoms with Crippen LogP contribution in [-0.4, -0.2) is 73.7 Å². The van der Waals surface area contributed by atoms with E-state index in [2.05, 4.69) is 55.2 Å². The lowest BCUT2D eigenvalue weighted by Gasteiger charge is -2.32. The molecule has 214 valence electrons. The van der Waals surface area contributed by atoms with Gasteiger partial charge in [0.25, 0.3) is 5.91 Å². The second-order valence-electron chi connectivity index (χ2n) is 10.8. The van der Waals surface area contributed by atoms with Gasteiger partial charge in [0, 0.05) is 69.0 Å². The first-order chi connectivity index (χ1) is 20.3. The van der Waals surface area contributed by atoms with Crippen LogP contribution in [-0.2, 0) is 13.6 Å². The first-order valence-corrected chi connectivity index (χ1v) is 14.0. The summed E-state index contributed by atoms with van der Waals surface area (Å²) in [6.45, 7) is 9.24. The second kappa shape index (κ2) is 11.7. The van der Waals surface area contributed by atoms with Crippen LogP contribution in [0.2, 0.25) is 0 Å². The van der Waals surface area contributed by atoms with Crippen molar-refractivity contribution < 1.29 is 9.53 Å². The van der Waals surface area contributed by atoms with Crippen molar-refractivity contribution in [2.75, 3.05) is 38.5 Å². The van der Waals surface area contributed by atoms with Gasteiger partial charge in [-0.2, -0.15) is 10.1 Å². The lowest BCUT2D eigenvalue weighted by Crippen LogP contribution is -2.43. The zero-order valence-corrected chi connectivity index (χ0v) is 24.3. The van der Waals surface area contributed by atoms with Gasteiger partial charge in [-0.1, -0.05) is 12.1 Å². The van der Waals surface area contributed by atoms with Crippen LogP contribution >= 0.6 is 0 Å². The summed E-state index contributed by atoms with van der Waals surface area (Å²) in [6, 6.07) is 15.3. The summed E-state index contributed by atoms with van der Waals surface area (Å²) in [7, 11) is 3.99. The van der Waals surface area contributed by atoms with E-state index >= 15 is 0 Å². The van der Waals surface area contributed by atoms with Gasteiger partial charge in [-0.3, -0.25) is 19.4 Å². The largest absolute Gasteiger partial charge is 0.438 e. The molecule has 42 heavy (non-hydrogen) atoms. The lowest BCUT2D eigenvalue weighted by atomic mass is 10.1. The molecule has 1 amide bonds. The van der Waals surface area contributed by atoms with Crippen LogP contribution in [0.5, 0.6) is 11.6 Å². The fraction of sp³-hybridized carbons (Fsp3) is 0.281. The number of fused-ring (bicyclic) bond motifs is 1. The van der Waals surface area contributed by atoms with Crippen molar-refractivity contribution in [3.05, 3.63) is 89.4 Å². The predicted molar refractivity (Wildman–Crippen MR) is 163 cm³/mol. The average Bonchev–Trinajstić information content (AvgIpc) is 3.37. The van der Waals surface area contributed by atoms with Gasteiger partial charge in [-0.25, -0.2) is 4.98 Å². The van der Waals surface area contributed by atoms with E-state index in [4.69, 9.17) is 4.74 Å². The highest BCUT2D eigenvalue weighted by Gasteiger charge is 2.18. The Balaban J connectivity index is 1.21. The van der Waals surface area contributed by atoms with Crippen molar-refractivity contribution in [2.45, 2.75) is 20.4 Å². The van der Waals surface area contributed by atoms with Crippen LogP contribution in [0.3, 0.4) is 0 Å². The van der Waals surface area contributed by atoms with E-state index in [0.717, 1.165) is 55.1 Å². The molecular weight excluding hydrogens is 528 g/mol. The molecule has 1 saturated heterocycles. The normalized spacial score (nSPS) is 14.3. The second-order valence-corrected chi connectivity index (χ2v) is 10.8. The van der Waals surface area contributed by atoms with Gasteiger partial charge < -0.3 is 15.0 Å². The summed E-state index contributed by atoms with van der Waals surface area (Å²) in [5, 5.41) is 8.09. The van der Waals surface area contributed by atoms with Gasteiger partial charge in [0.1, 0.15) is 11.1 Å². The highest BCUT2D eigenvalue weighted by Crippen LogP contribution is 2.31. The number of aromatic nitrogens is 5. The molecule has 1 aliphatic heterocycles. The third kappa shape index (κ3) is 5.86. The molecule has 5 aromatic rings. The number of hydrogen-bond donors (Lipinski definition) is 1. The molecule has 0 spiro atoms. The van der Waals surface area contributed by atoms with Gasteiger partial charge in [-0.05, 0) is 74.0 Å². The molecule has 0 bridgehead atoms. The molecule has 4 heterocycles. The van der Waals surface area contributed by atoms with Crippen LogP contribution < -0.4 is 10.1 Å². The topological polar surface area (TPSA) is 101 Å². The summed E-state index contributed by atoms with van der Waals surface area (Å²) < 4.78 is 7.95. The molecule has 0 aliphatic carbocycles. The molecule has 0 atom stereocenters. The van der Waals surface area contributed by atoms with Crippen LogP contribution in [0.25, 0.3) is 22.4 Å². The molecule has 6 rings (SSSR count). The Morgan fingerprint density at radius 3 is 2.48 bits per heavy atom. The summed E-state index contributed by atoms with van der Waals surface area (Å²) in [5.74, 6) is 1.16. The minimum Gasteiger partial charge on any atom is -0.438 e. The molecule has 0 saturated carbocycles. The third-order valence-electron chi connectivity index (χ3n) is 7.75. The van der Waals surface area contributed by atoms with Crippen molar-refractivity contribution in [2.24, 2.45) is 7.05 Å². The van der Waals surface area contributed by atoms with Gasteiger partial charge >= 0.3 is 0 Å². The first-order valence-electron chi connectivity index (χ1n) is 14.0. The molecular formula is C32H34N8O2. The fourth-order valence-electron chi connectivity index (χ4n) is 5.12. The van der Waals surface area contributed by atoms with E-state index in [1.807, 2.05) is 50.4 Å². The Morgan fingerprint density at radius 2 is 1.71 bits per heavy atom. The Labute approximate surface area is 245 Å². The van der Waals surface area contributed by atoms with E-state index in [9.17, 15) is 4.79 Å². The van der Waals surface area contributed by atoms with E-state index in [-0.39, 0.29) is 5.91 Å². The van der Waals surface area contributed by atoms with Crippen LogP contribution in [0.1, 0.15) is 27.0 Å². The maximum Gasteiger partial charge on any atom is 0.256 e. The van der Waals surface area contributed by atoms with Gasteiger partial charge in [0.15, 0.2) is 11.5 Å². The van der Waals surface area contributed by atoms with Crippen molar-refractivity contribution in [1.29, 1.82) is 0 Å². The highest BCUT2D eigenvalue weighted by atomic mass is 16.5. The maximum atomic E-state index is 13.4. The minimum absolute atomic E-state index is 0.198. The summed E-state index contributed by atoms with van der Waals surface area (Å²) >= 11 is 0. The number of likely N-dealkylation sites (N-methyl/N-ethyl adjacent to an activating group) is 1. The monoisotopic (exact) mass is 562 g/mol. The smallest absolute Gasteiger partial charge is 0.256 e. The number of ether oxygens (including phenoxy) is 1. The number of nitrogens with zero attached hydrogens (tertiary/aromatic N) is 7. The number of pyridine rings is 1. The van der Waals surface area contributed by atoms with Crippen molar-refractivity contribution >= 4 is 22.6 Å². The minimum atomic E-state index is -0.198. The predicted octanol–water partition coefficient (Wildman–Crippen LogP) is 4.83. The number of hydrogen-bond acceptors (Lipinski definition) is 8.